The molecule has 1 heterocycles. The largest absolute Gasteiger partial charge is 0.491 e. The zero-order valence-electron chi connectivity index (χ0n) is 11.8. The number of ether oxygens (including phenoxy) is 1. The molecule has 2 aromatic rings. The van der Waals surface area contributed by atoms with Gasteiger partial charge in [-0.2, -0.15) is 13.2 Å². The maximum atomic E-state index is 12.4. The summed E-state index contributed by atoms with van der Waals surface area (Å²) in [5.74, 6) is -0.182. The molecule has 0 saturated heterocycles. The highest BCUT2D eigenvalue weighted by Gasteiger charge is 2.30. The molecule has 0 bridgehead atoms. The van der Waals surface area contributed by atoms with Gasteiger partial charge in [-0.1, -0.05) is 0 Å². The number of benzene rings is 1. The molecule has 1 aromatic carbocycles. The van der Waals surface area contributed by atoms with Crippen LogP contribution in [0.4, 0.5) is 13.2 Å². The Kier molecular flexibility index (Phi) is 5.28. The number of carbonyl (C=O) groups excluding carboxylic acids is 1. The van der Waals surface area contributed by atoms with Crippen LogP contribution in [0.15, 0.2) is 47.1 Å². The Hall–Kier alpha value is -2.48. The summed E-state index contributed by atoms with van der Waals surface area (Å²) in [4.78, 5) is 11.6. The number of furan rings is 1. The Morgan fingerprint density at radius 2 is 1.96 bits per heavy atom. The van der Waals surface area contributed by atoms with Gasteiger partial charge < -0.3 is 19.6 Å². The lowest BCUT2D eigenvalue weighted by Crippen LogP contribution is -2.35. The predicted octanol–water partition coefficient (Wildman–Crippen LogP) is 2.47. The average molecular weight is 329 g/mol. The second-order valence-electron chi connectivity index (χ2n) is 4.67. The SMILES string of the molecule is O=C(NC[C@H](O)COc1ccc(C(F)(F)F)cc1)c1ccco1. The first-order valence-corrected chi connectivity index (χ1v) is 6.66. The van der Waals surface area contributed by atoms with Crippen molar-refractivity contribution in [3.8, 4) is 5.75 Å². The van der Waals surface area contributed by atoms with E-state index in [1.165, 1.54) is 12.3 Å². The molecule has 0 radical (unpaired) electrons. The van der Waals surface area contributed by atoms with E-state index in [9.17, 15) is 23.1 Å². The number of hydrogen-bond donors (Lipinski definition) is 2. The molecular formula is C15H14F3NO4. The molecule has 8 heteroatoms. The van der Waals surface area contributed by atoms with E-state index >= 15 is 0 Å². The molecule has 1 amide bonds. The van der Waals surface area contributed by atoms with Gasteiger partial charge in [-0.15, -0.1) is 0 Å². The van der Waals surface area contributed by atoms with Crippen molar-refractivity contribution in [2.24, 2.45) is 0 Å². The zero-order chi connectivity index (χ0) is 16.9. The number of rotatable bonds is 6. The molecule has 1 aromatic heterocycles. The molecule has 0 aliphatic heterocycles. The second-order valence-corrected chi connectivity index (χ2v) is 4.67. The maximum Gasteiger partial charge on any atom is 0.416 e. The van der Waals surface area contributed by atoms with Gasteiger partial charge in [0.15, 0.2) is 5.76 Å². The van der Waals surface area contributed by atoms with Crippen LogP contribution in [0.3, 0.4) is 0 Å². The van der Waals surface area contributed by atoms with Crippen LogP contribution in [0.1, 0.15) is 16.1 Å². The standard InChI is InChI=1S/C15H14F3NO4/c16-15(17,18)10-3-5-12(6-4-10)23-9-11(20)8-19-14(21)13-2-1-7-22-13/h1-7,11,20H,8-9H2,(H,19,21)/t11-/m0/s1. The first kappa shape index (κ1) is 16.9. The van der Waals surface area contributed by atoms with Gasteiger partial charge in [0.2, 0.25) is 0 Å². The van der Waals surface area contributed by atoms with Gasteiger partial charge in [0.05, 0.1) is 11.8 Å². The predicted molar refractivity (Wildman–Crippen MR) is 74.0 cm³/mol. The van der Waals surface area contributed by atoms with Gasteiger partial charge >= 0.3 is 6.18 Å². The number of alkyl halides is 3. The normalized spacial score (nSPS) is 12.7. The third kappa shape index (κ3) is 5.03. The Morgan fingerprint density at radius 3 is 2.52 bits per heavy atom. The first-order valence-electron chi connectivity index (χ1n) is 6.66. The smallest absolute Gasteiger partial charge is 0.416 e. The number of amides is 1. The highest BCUT2D eigenvalue weighted by molar-refractivity contribution is 5.91. The molecule has 2 N–H and O–H groups in total. The van der Waals surface area contributed by atoms with Crippen molar-refractivity contribution in [3.05, 3.63) is 54.0 Å². The van der Waals surface area contributed by atoms with Crippen molar-refractivity contribution in [1.82, 2.24) is 5.32 Å². The van der Waals surface area contributed by atoms with Crippen molar-refractivity contribution in [2.75, 3.05) is 13.2 Å². The molecular weight excluding hydrogens is 315 g/mol. The van der Waals surface area contributed by atoms with E-state index in [1.54, 1.807) is 6.07 Å². The Bertz CT molecular complexity index is 623. The summed E-state index contributed by atoms with van der Waals surface area (Å²) in [7, 11) is 0. The topological polar surface area (TPSA) is 71.7 Å². The molecule has 0 fully saturated rings. The van der Waals surface area contributed by atoms with Crippen LogP contribution in [-0.4, -0.2) is 30.3 Å². The molecule has 2 rings (SSSR count). The third-order valence-electron chi connectivity index (χ3n) is 2.87. The van der Waals surface area contributed by atoms with Gasteiger partial charge in [-0.3, -0.25) is 4.79 Å². The number of carbonyl (C=O) groups is 1. The van der Waals surface area contributed by atoms with Crippen molar-refractivity contribution < 1.29 is 32.2 Å². The summed E-state index contributed by atoms with van der Waals surface area (Å²) in [5.41, 5.74) is -0.781. The van der Waals surface area contributed by atoms with Gasteiger partial charge in [0.25, 0.3) is 5.91 Å². The van der Waals surface area contributed by atoms with E-state index < -0.39 is 23.8 Å². The number of halogens is 3. The maximum absolute atomic E-state index is 12.4. The lowest BCUT2D eigenvalue weighted by Gasteiger charge is -2.13. The highest BCUT2D eigenvalue weighted by Crippen LogP contribution is 2.30. The molecule has 5 nitrogen and oxygen atoms in total. The molecule has 124 valence electrons. The zero-order valence-corrected chi connectivity index (χ0v) is 11.8. The fourth-order valence-corrected chi connectivity index (χ4v) is 1.70. The third-order valence-corrected chi connectivity index (χ3v) is 2.87. The summed E-state index contributed by atoms with van der Waals surface area (Å²) in [6.07, 6.45) is -4.08. The first-order chi connectivity index (χ1) is 10.9. The molecule has 0 saturated carbocycles. The Labute approximate surface area is 129 Å². The van der Waals surface area contributed by atoms with Gasteiger partial charge in [-0.05, 0) is 36.4 Å². The van der Waals surface area contributed by atoms with Crippen LogP contribution in [-0.2, 0) is 6.18 Å². The minimum absolute atomic E-state index is 0.0832. The Morgan fingerprint density at radius 1 is 1.26 bits per heavy atom. The fourth-order valence-electron chi connectivity index (χ4n) is 1.70. The summed E-state index contributed by atoms with van der Waals surface area (Å²) in [5, 5.41) is 12.1. The van der Waals surface area contributed by atoms with Crippen molar-refractivity contribution in [1.29, 1.82) is 0 Å². The van der Waals surface area contributed by atoms with E-state index in [4.69, 9.17) is 9.15 Å². The minimum atomic E-state index is -4.41. The van der Waals surface area contributed by atoms with E-state index in [1.807, 2.05) is 0 Å². The van der Waals surface area contributed by atoms with Gasteiger partial charge in [-0.25, -0.2) is 0 Å². The molecule has 0 aliphatic rings. The van der Waals surface area contributed by atoms with Gasteiger partial charge in [0, 0.05) is 6.54 Å². The summed E-state index contributed by atoms with van der Waals surface area (Å²) < 4.78 is 47.2. The van der Waals surface area contributed by atoms with Crippen molar-refractivity contribution >= 4 is 5.91 Å². The molecule has 0 aliphatic carbocycles. The number of aliphatic hydroxyl groups is 1. The monoisotopic (exact) mass is 329 g/mol. The van der Waals surface area contributed by atoms with Crippen molar-refractivity contribution in [2.45, 2.75) is 12.3 Å². The van der Waals surface area contributed by atoms with Gasteiger partial charge in [0.1, 0.15) is 18.5 Å². The van der Waals surface area contributed by atoms with E-state index in [0.29, 0.717) is 0 Å². The fraction of sp³-hybridized carbons (Fsp3) is 0.267. The van der Waals surface area contributed by atoms with Crippen LogP contribution < -0.4 is 10.1 Å². The Balaban J connectivity index is 1.76. The van der Waals surface area contributed by atoms with Crippen LogP contribution in [0.5, 0.6) is 5.75 Å². The van der Waals surface area contributed by atoms with E-state index in [-0.39, 0.29) is 24.7 Å². The molecule has 1 atom stereocenters. The van der Waals surface area contributed by atoms with Crippen LogP contribution in [0, 0.1) is 0 Å². The lowest BCUT2D eigenvalue weighted by molar-refractivity contribution is -0.137. The summed E-state index contributed by atoms with van der Waals surface area (Å²) >= 11 is 0. The quantitative estimate of drug-likeness (QED) is 0.854. The molecule has 0 spiro atoms. The minimum Gasteiger partial charge on any atom is -0.491 e. The molecule has 23 heavy (non-hydrogen) atoms. The summed E-state index contributed by atoms with van der Waals surface area (Å²) in [6, 6.07) is 7.13. The summed E-state index contributed by atoms with van der Waals surface area (Å²) in [6.45, 7) is -0.260. The van der Waals surface area contributed by atoms with Crippen LogP contribution in [0.2, 0.25) is 0 Å². The average Bonchev–Trinajstić information content (AvgIpc) is 3.04. The number of nitrogens with one attached hydrogen (secondary N) is 1. The number of hydrogen-bond acceptors (Lipinski definition) is 4. The van der Waals surface area contributed by atoms with Crippen LogP contribution in [0.25, 0.3) is 0 Å². The lowest BCUT2D eigenvalue weighted by atomic mass is 10.2. The molecule has 0 unspecified atom stereocenters. The van der Waals surface area contributed by atoms with E-state index in [0.717, 1.165) is 24.3 Å². The van der Waals surface area contributed by atoms with Crippen molar-refractivity contribution in [3.63, 3.8) is 0 Å². The van der Waals surface area contributed by atoms with Crippen LogP contribution >= 0.6 is 0 Å². The number of aliphatic hydroxyl groups excluding tert-OH is 1. The highest BCUT2D eigenvalue weighted by atomic mass is 19.4. The van der Waals surface area contributed by atoms with E-state index in [2.05, 4.69) is 5.32 Å². The second kappa shape index (κ2) is 7.19.